The van der Waals surface area contributed by atoms with E-state index in [1.165, 1.54) is 21.4 Å². The Kier molecular flexibility index (Phi) is 8.22. The fourth-order valence-corrected chi connectivity index (χ4v) is 7.22. The number of benzene rings is 1. The summed E-state index contributed by atoms with van der Waals surface area (Å²) in [7, 11) is 0. The highest BCUT2D eigenvalue weighted by molar-refractivity contribution is 7.99. The van der Waals surface area contributed by atoms with Gasteiger partial charge >= 0.3 is 5.97 Å². The molecule has 0 aliphatic carbocycles. The molecular formula is C28H33Cl2N3O4S. The second kappa shape index (κ2) is 10.8. The number of esters is 1. The minimum atomic E-state index is -1.81. The maximum Gasteiger partial charge on any atom is 0.343 e. The van der Waals surface area contributed by atoms with Gasteiger partial charge in [-0.15, -0.1) is 36.6 Å². The van der Waals surface area contributed by atoms with Crippen molar-refractivity contribution in [2.24, 2.45) is 0 Å². The van der Waals surface area contributed by atoms with Crippen LogP contribution in [-0.4, -0.2) is 50.9 Å². The van der Waals surface area contributed by atoms with Crippen molar-refractivity contribution >= 4 is 53.4 Å². The quantitative estimate of drug-likeness (QED) is 0.339. The van der Waals surface area contributed by atoms with Crippen LogP contribution in [0.1, 0.15) is 55.0 Å². The fourth-order valence-electron chi connectivity index (χ4n) is 5.99. The summed E-state index contributed by atoms with van der Waals surface area (Å²) in [5.74, 6) is 0.307. The summed E-state index contributed by atoms with van der Waals surface area (Å²) in [5.41, 5.74) is 4.88. The van der Waals surface area contributed by atoms with Gasteiger partial charge in [0.25, 0.3) is 5.56 Å². The molecule has 0 radical (unpaired) electrons. The molecule has 1 atom stereocenters. The Labute approximate surface area is 238 Å². The Balaban J connectivity index is 0.00000168. The molecule has 38 heavy (non-hydrogen) atoms. The Morgan fingerprint density at radius 2 is 1.89 bits per heavy atom. The molecule has 0 bridgehead atoms. The Morgan fingerprint density at radius 3 is 2.61 bits per heavy atom. The molecule has 204 valence electrons. The van der Waals surface area contributed by atoms with Crippen LogP contribution in [0.4, 0.5) is 0 Å². The maximum atomic E-state index is 13.5. The van der Waals surface area contributed by atoms with Crippen LogP contribution in [0.25, 0.3) is 22.3 Å². The Hall–Kier alpha value is -2.10. The molecule has 10 heteroatoms. The van der Waals surface area contributed by atoms with E-state index in [9.17, 15) is 14.7 Å². The molecule has 0 amide bonds. The monoisotopic (exact) mass is 577 g/mol. The molecule has 1 aromatic carbocycles. The van der Waals surface area contributed by atoms with Crippen molar-refractivity contribution in [3.05, 3.63) is 56.4 Å². The first-order valence-electron chi connectivity index (χ1n) is 12.9. The summed E-state index contributed by atoms with van der Waals surface area (Å²) in [6, 6.07) is 6.13. The number of cyclic esters (lactones) is 1. The summed E-state index contributed by atoms with van der Waals surface area (Å²) in [6.45, 7) is 9.62. The van der Waals surface area contributed by atoms with Crippen molar-refractivity contribution in [1.82, 2.24) is 14.5 Å². The zero-order valence-corrected chi connectivity index (χ0v) is 24.3. The van der Waals surface area contributed by atoms with Crippen LogP contribution in [0.15, 0.2) is 27.9 Å². The number of pyridine rings is 2. The molecule has 6 rings (SSSR count). The lowest BCUT2D eigenvalue weighted by Crippen LogP contribution is -2.44. The molecule has 5 heterocycles. The molecule has 0 spiro atoms. The number of ether oxygens (including phenoxy) is 1. The Morgan fingerprint density at radius 1 is 1.13 bits per heavy atom. The van der Waals surface area contributed by atoms with Gasteiger partial charge in [-0.05, 0) is 55.6 Å². The van der Waals surface area contributed by atoms with Gasteiger partial charge in [-0.2, -0.15) is 0 Å². The lowest BCUT2D eigenvalue weighted by Gasteiger charge is -2.31. The fraction of sp³-hybridized carbons (Fsp3) is 0.464. The first kappa shape index (κ1) is 28.9. The minimum Gasteiger partial charge on any atom is -0.458 e. The first-order valence-corrected chi connectivity index (χ1v) is 13.9. The summed E-state index contributed by atoms with van der Waals surface area (Å²) < 4.78 is 6.95. The van der Waals surface area contributed by atoms with Crippen molar-refractivity contribution in [2.75, 3.05) is 25.4 Å². The van der Waals surface area contributed by atoms with E-state index in [0.29, 0.717) is 23.4 Å². The van der Waals surface area contributed by atoms with E-state index in [1.54, 1.807) is 17.6 Å². The number of thioether (sulfide) groups is 1. The number of aliphatic hydroxyl groups is 1. The summed E-state index contributed by atoms with van der Waals surface area (Å²) in [6.07, 6.45) is 2.08. The average molecular weight is 579 g/mol. The molecule has 0 fully saturated rings. The van der Waals surface area contributed by atoms with Crippen LogP contribution in [0.2, 0.25) is 0 Å². The third kappa shape index (κ3) is 4.16. The largest absolute Gasteiger partial charge is 0.458 e. The Bertz CT molecular complexity index is 1490. The zero-order valence-electron chi connectivity index (χ0n) is 21.8. The second-order valence-corrected chi connectivity index (χ2v) is 10.9. The highest BCUT2D eigenvalue weighted by atomic mass is 35.5. The highest BCUT2D eigenvalue weighted by Gasteiger charge is 2.45. The van der Waals surface area contributed by atoms with Gasteiger partial charge in [-0.25, -0.2) is 9.78 Å². The molecule has 3 aromatic rings. The van der Waals surface area contributed by atoms with Crippen molar-refractivity contribution in [3.8, 4) is 11.4 Å². The number of aryl methyl sites for hydroxylation is 1. The van der Waals surface area contributed by atoms with E-state index in [2.05, 4.69) is 30.9 Å². The van der Waals surface area contributed by atoms with Gasteiger partial charge in [0.15, 0.2) is 5.60 Å². The predicted octanol–water partition coefficient (Wildman–Crippen LogP) is 4.46. The highest BCUT2D eigenvalue weighted by Crippen LogP contribution is 2.45. The van der Waals surface area contributed by atoms with Crippen LogP contribution in [0.5, 0.6) is 0 Å². The van der Waals surface area contributed by atoms with E-state index >= 15 is 0 Å². The van der Waals surface area contributed by atoms with Gasteiger partial charge in [-0.3, -0.25) is 4.79 Å². The van der Waals surface area contributed by atoms with Gasteiger partial charge in [0, 0.05) is 33.7 Å². The van der Waals surface area contributed by atoms with Crippen molar-refractivity contribution in [3.63, 3.8) is 0 Å². The standard InChI is InChI=1S/C28H31N3O4S.2ClH/c1-4-28(34)20-13-22-24-18(14-31(22)26(32)19(20)15-35-27(28)33)17-10-12-36-25-16(9-11-30(5-2)6-3)7-8-21(29-24)23(17)25;;/h7-8,13,34H,4-6,9-12,14-15H2,1-3H3;2*1H. The zero-order chi connectivity index (χ0) is 25.2. The number of hydrogen-bond donors (Lipinski definition) is 1. The van der Waals surface area contributed by atoms with E-state index in [0.717, 1.165) is 55.0 Å². The van der Waals surface area contributed by atoms with Crippen molar-refractivity contribution in [2.45, 2.75) is 63.7 Å². The van der Waals surface area contributed by atoms with E-state index in [-0.39, 0.29) is 43.4 Å². The average Bonchev–Trinajstić information content (AvgIpc) is 3.27. The number of fused-ring (bicyclic) bond motifs is 5. The molecule has 3 aliphatic heterocycles. The summed E-state index contributed by atoms with van der Waals surface area (Å²) in [5, 5.41) is 12.4. The third-order valence-electron chi connectivity index (χ3n) is 8.19. The van der Waals surface area contributed by atoms with Crippen LogP contribution in [0, 0.1) is 0 Å². The van der Waals surface area contributed by atoms with Crippen molar-refractivity contribution in [1.29, 1.82) is 0 Å². The summed E-state index contributed by atoms with van der Waals surface area (Å²) in [4.78, 5) is 34.8. The van der Waals surface area contributed by atoms with Gasteiger partial charge < -0.3 is 19.3 Å². The topological polar surface area (TPSA) is 84.7 Å². The maximum absolute atomic E-state index is 13.5. The minimum absolute atomic E-state index is 0. The smallest absolute Gasteiger partial charge is 0.343 e. The van der Waals surface area contributed by atoms with E-state index < -0.39 is 11.6 Å². The lowest BCUT2D eigenvalue weighted by atomic mass is 9.86. The van der Waals surface area contributed by atoms with Crippen LogP contribution in [0.3, 0.4) is 0 Å². The van der Waals surface area contributed by atoms with Gasteiger partial charge in [0.1, 0.15) is 6.61 Å². The SMILES string of the molecule is CCN(CC)CCc1ccc2nc3c(c4c2c1SCC4)Cn1c-3cc2c(c1=O)COC(=O)C2(O)CC.Cl.Cl. The summed E-state index contributed by atoms with van der Waals surface area (Å²) >= 11 is 1.92. The molecule has 1 unspecified atom stereocenters. The number of rotatable bonds is 6. The van der Waals surface area contributed by atoms with Crippen LogP contribution >= 0.6 is 36.6 Å². The first-order chi connectivity index (χ1) is 17.4. The molecular weight excluding hydrogens is 545 g/mol. The molecule has 0 saturated heterocycles. The number of carbonyl (C=O) groups is 1. The van der Waals surface area contributed by atoms with Gasteiger partial charge in [0.05, 0.1) is 29.0 Å². The molecule has 0 saturated carbocycles. The second-order valence-electron chi connectivity index (χ2n) is 9.84. The molecule has 7 nitrogen and oxygen atoms in total. The molecule has 1 N–H and O–H groups in total. The van der Waals surface area contributed by atoms with Gasteiger partial charge in [-0.1, -0.05) is 26.8 Å². The number of likely N-dealkylation sites (N-methyl/N-ethyl adjacent to an activating group) is 1. The van der Waals surface area contributed by atoms with Crippen LogP contribution < -0.4 is 5.56 Å². The van der Waals surface area contributed by atoms with Gasteiger partial charge in [0.2, 0.25) is 0 Å². The number of nitrogens with zero attached hydrogens (tertiary/aromatic N) is 3. The third-order valence-corrected chi connectivity index (χ3v) is 9.36. The number of halogens is 2. The van der Waals surface area contributed by atoms with Crippen LogP contribution in [-0.2, 0) is 41.1 Å². The van der Waals surface area contributed by atoms with Crippen molar-refractivity contribution < 1.29 is 14.6 Å². The lowest BCUT2D eigenvalue weighted by molar-refractivity contribution is -0.172. The predicted molar refractivity (Wildman–Crippen MR) is 155 cm³/mol. The number of hydrogen-bond acceptors (Lipinski definition) is 7. The normalized spacial score (nSPS) is 18.8. The number of carbonyl (C=O) groups excluding carboxylic acids is 1. The van der Waals surface area contributed by atoms with E-state index in [1.807, 2.05) is 11.8 Å². The molecule has 2 aromatic heterocycles. The number of aromatic nitrogens is 2. The van der Waals surface area contributed by atoms with E-state index in [4.69, 9.17) is 9.72 Å². The molecule has 3 aliphatic rings.